The van der Waals surface area contributed by atoms with E-state index in [4.69, 9.17) is 0 Å². The molecule has 0 spiro atoms. The van der Waals surface area contributed by atoms with Crippen molar-refractivity contribution in [1.29, 1.82) is 0 Å². The summed E-state index contributed by atoms with van der Waals surface area (Å²) in [5.74, 6) is 0. The maximum absolute atomic E-state index is 11.0. The highest BCUT2D eigenvalue weighted by molar-refractivity contribution is 5.09. The van der Waals surface area contributed by atoms with E-state index in [0.717, 1.165) is 109 Å². The van der Waals surface area contributed by atoms with Crippen LogP contribution in [0.15, 0.2) is 82.5 Å². The van der Waals surface area contributed by atoms with E-state index in [0.29, 0.717) is 25.7 Å². The molecule has 4 heteroatoms. The molecule has 0 amide bonds. The molecule has 0 aromatic rings. The minimum Gasteiger partial charge on any atom is -0.390 e. The summed E-state index contributed by atoms with van der Waals surface area (Å²) < 4.78 is 0. The maximum Gasteiger partial charge on any atom is 0.0800 e. The van der Waals surface area contributed by atoms with Gasteiger partial charge in [0.05, 0.1) is 22.4 Å². The third-order valence-corrected chi connectivity index (χ3v) is 11.1. The van der Waals surface area contributed by atoms with Gasteiger partial charge in [-0.3, -0.25) is 0 Å². The van der Waals surface area contributed by atoms with Crippen LogP contribution < -0.4 is 0 Å². The molecule has 4 nitrogen and oxygen atoms in total. The molecule has 0 radical (unpaired) electrons. The summed E-state index contributed by atoms with van der Waals surface area (Å²) in [5, 5.41) is 42.6. The van der Waals surface area contributed by atoms with Gasteiger partial charge < -0.3 is 20.4 Å². The van der Waals surface area contributed by atoms with Crippen LogP contribution in [0.5, 0.6) is 0 Å². The minimum atomic E-state index is -0.774. The summed E-state index contributed by atoms with van der Waals surface area (Å²) in [6.07, 6.45) is 34.7. The number of hydrogen-bond donors (Lipinski definition) is 4. The molecule has 0 aliphatic heterocycles. The highest BCUT2D eigenvalue weighted by atomic mass is 16.3. The van der Waals surface area contributed by atoms with Crippen LogP contribution in [0.25, 0.3) is 0 Å². The predicted octanol–water partition coefficient (Wildman–Crippen LogP) is 14.1. The Bertz CT molecular complexity index is 1230. The van der Waals surface area contributed by atoms with Crippen molar-refractivity contribution in [3.63, 3.8) is 0 Å². The van der Waals surface area contributed by atoms with E-state index in [9.17, 15) is 20.4 Å². The lowest BCUT2D eigenvalue weighted by Crippen LogP contribution is -2.29. The van der Waals surface area contributed by atoms with Gasteiger partial charge in [-0.15, -0.1) is 6.58 Å². The van der Waals surface area contributed by atoms with E-state index in [1.54, 1.807) is 6.08 Å². The van der Waals surface area contributed by atoms with Gasteiger partial charge in [0.1, 0.15) is 0 Å². The van der Waals surface area contributed by atoms with Gasteiger partial charge in [-0.25, -0.2) is 0 Å². The van der Waals surface area contributed by atoms with Crippen molar-refractivity contribution in [3.05, 3.63) is 82.5 Å². The van der Waals surface area contributed by atoms with E-state index < -0.39 is 22.4 Å². The first kappa shape index (κ1) is 52.0. The van der Waals surface area contributed by atoms with Crippen LogP contribution in [-0.2, 0) is 0 Å². The summed E-state index contributed by atoms with van der Waals surface area (Å²) in [4.78, 5) is 0. The standard InChI is InChI=1S/C50H88O4/c1-13-47(9,51)34-19-32-45(7)30-16-28-43(5)26-14-24-42(4)25-15-27-44(6)29-17-31-46(8)33-20-36-49(11,53)38-22-40-50(12,54)39-21-37-48(10,52)35-18-23-41(2)3/h13,23-24,27-28,31-32,51-54H,1,14-22,25-26,29-30,33-40H2,2-12H3/b42-24+,43-28+,44-27+,45-32+,46-31+. The second-order valence-corrected chi connectivity index (χ2v) is 18.4. The second-order valence-electron chi connectivity index (χ2n) is 18.4. The summed E-state index contributed by atoms with van der Waals surface area (Å²) in [5.41, 5.74) is 5.54. The first-order chi connectivity index (χ1) is 25.1. The fourth-order valence-corrected chi connectivity index (χ4v) is 6.90. The van der Waals surface area contributed by atoms with Gasteiger partial charge in [-0.2, -0.15) is 0 Å². The molecule has 0 saturated carbocycles. The van der Waals surface area contributed by atoms with Crippen molar-refractivity contribution >= 4 is 0 Å². The molecule has 4 N–H and O–H groups in total. The SMILES string of the molecule is C=CC(C)(O)CC/C=C(\C)CC/C=C(\C)CC/C=C(\C)CC/C=C(\C)CC/C=C(\C)CCCC(C)(O)CCCC(C)(O)CCCC(C)(O)CCC=C(C)C. The van der Waals surface area contributed by atoms with E-state index in [2.05, 4.69) is 91.5 Å². The zero-order chi connectivity index (χ0) is 41.3. The molecule has 0 bridgehead atoms. The van der Waals surface area contributed by atoms with Crippen molar-refractivity contribution in [2.45, 2.75) is 233 Å². The molecule has 0 aliphatic carbocycles. The first-order valence-electron chi connectivity index (χ1n) is 21.5. The van der Waals surface area contributed by atoms with Crippen molar-refractivity contribution in [1.82, 2.24) is 0 Å². The number of aliphatic hydroxyl groups is 4. The Morgan fingerprint density at radius 2 is 0.685 bits per heavy atom. The van der Waals surface area contributed by atoms with Crippen molar-refractivity contribution in [2.75, 3.05) is 0 Å². The Labute approximate surface area is 335 Å². The van der Waals surface area contributed by atoms with Gasteiger partial charge in [0.25, 0.3) is 0 Å². The van der Waals surface area contributed by atoms with E-state index >= 15 is 0 Å². The minimum absolute atomic E-state index is 0.673. The molecule has 0 aromatic carbocycles. The zero-order valence-electron chi connectivity index (χ0n) is 37.4. The molecule has 0 aliphatic rings. The molecule has 0 heterocycles. The smallest absolute Gasteiger partial charge is 0.0800 e. The molecule has 54 heavy (non-hydrogen) atoms. The van der Waals surface area contributed by atoms with Gasteiger partial charge in [-0.1, -0.05) is 76.0 Å². The van der Waals surface area contributed by atoms with Gasteiger partial charge in [0.2, 0.25) is 0 Å². The second kappa shape index (κ2) is 27.6. The van der Waals surface area contributed by atoms with Crippen LogP contribution in [-0.4, -0.2) is 42.8 Å². The van der Waals surface area contributed by atoms with E-state index in [1.165, 1.54) is 33.4 Å². The lowest BCUT2D eigenvalue weighted by atomic mass is 9.85. The molecule has 4 unspecified atom stereocenters. The van der Waals surface area contributed by atoms with Crippen LogP contribution in [0.4, 0.5) is 0 Å². The molecule has 0 aromatic heterocycles. The average molecular weight is 753 g/mol. The molecule has 0 saturated heterocycles. The molecule has 0 rings (SSSR count). The fraction of sp³-hybridized carbons (Fsp3) is 0.720. The van der Waals surface area contributed by atoms with Gasteiger partial charge in [0.15, 0.2) is 0 Å². The molecular weight excluding hydrogens is 665 g/mol. The van der Waals surface area contributed by atoms with Crippen LogP contribution in [0, 0.1) is 0 Å². The lowest BCUT2D eigenvalue weighted by molar-refractivity contribution is 0.00200. The number of hydrogen-bond acceptors (Lipinski definition) is 4. The molecule has 312 valence electrons. The van der Waals surface area contributed by atoms with E-state index in [-0.39, 0.29) is 0 Å². The monoisotopic (exact) mass is 753 g/mol. The predicted molar refractivity (Wildman–Crippen MR) is 238 cm³/mol. The third-order valence-electron chi connectivity index (χ3n) is 11.1. The molecular formula is C50H88O4. The highest BCUT2D eigenvalue weighted by Crippen LogP contribution is 2.29. The number of allylic oxidation sites excluding steroid dienone is 12. The Morgan fingerprint density at radius 1 is 0.389 bits per heavy atom. The Balaban J connectivity index is 4.29. The first-order valence-corrected chi connectivity index (χ1v) is 21.5. The lowest BCUT2D eigenvalue weighted by Gasteiger charge is -2.29. The topological polar surface area (TPSA) is 80.9 Å². The fourth-order valence-electron chi connectivity index (χ4n) is 6.90. The molecule has 4 atom stereocenters. The van der Waals surface area contributed by atoms with Crippen molar-refractivity contribution < 1.29 is 20.4 Å². The Hall–Kier alpha value is -1.98. The summed E-state index contributed by atoms with van der Waals surface area (Å²) in [7, 11) is 0. The largest absolute Gasteiger partial charge is 0.390 e. The molecule has 0 fully saturated rings. The van der Waals surface area contributed by atoms with Gasteiger partial charge >= 0.3 is 0 Å². The van der Waals surface area contributed by atoms with Crippen molar-refractivity contribution in [3.8, 4) is 0 Å². The van der Waals surface area contributed by atoms with Crippen LogP contribution in [0.3, 0.4) is 0 Å². The average Bonchev–Trinajstić information content (AvgIpc) is 3.04. The maximum atomic E-state index is 11.0. The summed E-state index contributed by atoms with van der Waals surface area (Å²) >= 11 is 0. The van der Waals surface area contributed by atoms with Crippen LogP contribution >= 0.6 is 0 Å². The Kier molecular flexibility index (Phi) is 26.6. The highest BCUT2D eigenvalue weighted by Gasteiger charge is 2.26. The van der Waals surface area contributed by atoms with E-state index in [1.807, 2.05) is 27.7 Å². The van der Waals surface area contributed by atoms with Crippen molar-refractivity contribution in [2.24, 2.45) is 0 Å². The van der Waals surface area contributed by atoms with Gasteiger partial charge in [-0.05, 0) is 211 Å². The normalized spacial score (nSPS) is 18.1. The quantitative estimate of drug-likeness (QED) is 0.0532. The van der Waals surface area contributed by atoms with Gasteiger partial charge in [0, 0.05) is 0 Å². The number of rotatable bonds is 31. The third kappa shape index (κ3) is 31.2. The zero-order valence-corrected chi connectivity index (χ0v) is 37.4. The summed E-state index contributed by atoms with van der Waals surface area (Å²) in [6, 6.07) is 0. The van der Waals surface area contributed by atoms with Crippen LogP contribution in [0.1, 0.15) is 211 Å². The van der Waals surface area contributed by atoms with Crippen LogP contribution in [0.2, 0.25) is 0 Å². The summed E-state index contributed by atoms with van der Waals surface area (Å²) in [6.45, 7) is 26.6. The Morgan fingerprint density at radius 3 is 1.04 bits per heavy atom.